The summed E-state index contributed by atoms with van der Waals surface area (Å²) in [6, 6.07) is 5.49. The molecule has 2 aromatic rings. The SMILES string of the molecule is CC(CN)c1noc(-c2ccc(Br)cc2Cl)n1. The maximum atomic E-state index is 6.10. The van der Waals surface area contributed by atoms with Crippen molar-refractivity contribution in [3.63, 3.8) is 0 Å². The van der Waals surface area contributed by atoms with Gasteiger partial charge in [0.15, 0.2) is 5.82 Å². The normalized spacial score (nSPS) is 12.7. The van der Waals surface area contributed by atoms with Crippen LogP contribution in [0.4, 0.5) is 0 Å². The molecule has 0 spiro atoms. The molecule has 90 valence electrons. The van der Waals surface area contributed by atoms with E-state index in [0.717, 1.165) is 10.0 Å². The zero-order valence-corrected chi connectivity index (χ0v) is 11.5. The highest BCUT2D eigenvalue weighted by atomic mass is 79.9. The number of benzene rings is 1. The molecule has 1 atom stereocenters. The van der Waals surface area contributed by atoms with Gasteiger partial charge in [-0.2, -0.15) is 4.98 Å². The fraction of sp³-hybridized carbons (Fsp3) is 0.273. The van der Waals surface area contributed by atoms with Crippen LogP contribution in [0.1, 0.15) is 18.7 Å². The summed E-state index contributed by atoms with van der Waals surface area (Å²) >= 11 is 9.45. The predicted molar refractivity (Wildman–Crippen MR) is 69.9 cm³/mol. The fourth-order valence-corrected chi connectivity index (χ4v) is 2.07. The van der Waals surface area contributed by atoms with Crippen molar-refractivity contribution in [2.45, 2.75) is 12.8 Å². The lowest BCUT2D eigenvalue weighted by Crippen LogP contribution is -2.10. The van der Waals surface area contributed by atoms with Gasteiger partial charge in [0.1, 0.15) is 0 Å². The van der Waals surface area contributed by atoms with Gasteiger partial charge in [0.2, 0.25) is 0 Å². The van der Waals surface area contributed by atoms with Crippen molar-refractivity contribution in [1.82, 2.24) is 10.1 Å². The minimum absolute atomic E-state index is 0.0710. The summed E-state index contributed by atoms with van der Waals surface area (Å²) in [6.07, 6.45) is 0. The van der Waals surface area contributed by atoms with E-state index in [1.54, 1.807) is 6.07 Å². The van der Waals surface area contributed by atoms with E-state index < -0.39 is 0 Å². The summed E-state index contributed by atoms with van der Waals surface area (Å²) in [5.41, 5.74) is 6.27. The van der Waals surface area contributed by atoms with Gasteiger partial charge in [-0.1, -0.05) is 39.6 Å². The summed E-state index contributed by atoms with van der Waals surface area (Å²) in [6.45, 7) is 2.42. The Bertz CT molecular complexity index is 529. The van der Waals surface area contributed by atoms with Crippen LogP contribution in [-0.2, 0) is 0 Å². The van der Waals surface area contributed by atoms with Crippen LogP contribution in [0.15, 0.2) is 27.2 Å². The molecule has 17 heavy (non-hydrogen) atoms. The van der Waals surface area contributed by atoms with Crippen LogP contribution < -0.4 is 5.73 Å². The van der Waals surface area contributed by atoms with Crippen LogP contribution in [0.25, 0.3) is 11.5 Å². The van der Waals surface area contributed by atoms with Crippen molar-refractivity contribution in [3.8, 4) is 11.5 Å². The molecule has 1 aromatic heterocycles. The molecule has 0 aliphatic rings. The second kappa shape index (κ2) is 5.16. The number of halogens is 2. The molecule has 1 aromatic carbocycles. The highest BCUT2D eigenvalue weighted by molar-refractivity contribution is 9.10. The molecule has 1 heterocycles. The van der Waals surface area contributed by atoms with Gasteiger partial charge in [0.25, 0.3) is 5.89 Å². The molecule has 2 N–H and O–H groups in total. The fourth-order valence-electron chi connectivity index (χ4n) is 1.31. The number of hydrogen-bond donors (Lipinski definition) is 1. The molecule has 2 rings (SSSR count). The number of rotatable bonds is 3. The topological polar surface area (TPSA) is 64.9 Å². The lowest BCUT2D eigenvalue weighted by atomic mass is 10.2. The van der Waals surface area contributed by atoms with Gasteiger partial charge < -0.3 is 10.3 Å². The molecule has 0 radical (unpaired) electrons. The molecule has 0 aliphatic carbocycles. The second-order valence-corrected chi connectivity index (χ2v) is 5.04. The van der Waals surface area contributed by atoms with Gasteiger partial charge in [0, 0.05) is 16.9 Å². The van der Waals surface area contributed by atoms with E-state index in [-0.39, 0.29) is 5.92 Å². The van der Waals surface area contributed by atoms with E-state index in [2.05, 4.69) is 26.1 Å². The molecule has 0 bridgehead atoms. The molecular weight excluding hydrogens is 305 g/mol. The number of aromatic nitrogens is 2. The third kappa shape index (κ3) is 2.68. The molecule has 4 nitrogen and oxygen atoms in total. The van der Waals surface area contributed by atoms with E-state index in [1.165, 1.54) is 0 Å². The quantitative estimate of drug-likeness (QED) is 0.944. The molecule has 0 amide bonds. The van der Waals surface area contributed by atoms with Gasteiger partial charge in [-0.25, -0.2) is 0 Å². The Labute approximate surface area is 112 Å². The smallest absolute Gasteiger partial charge is 0.259 e. The minimum Gasteiger partial charge on any atom is -0.334 e. The van der Waals surface area contributed by atoms with Crippen molar-refractivity contribution < 1.29 is 4.52 Å². The van der Waals surface area contributed by atoms with Crippen LogP contribution in [-0.4, -0.2) is 16.7 Å². The monoisotopic (exact) mass is 315 g/mol. The summed E-state index contributed by atoms with van der Waals surface area (Å²) in [7, 11) is 0. The van der Waals surface area contributed by atoms with Crippen LogP contribution in [0.2, 0.25) is 5.02 Å². The first-order valence-corrected chi connectivity index (χ1v) is 6.28. The largest absolute Gasteiger partial charge is 0.334 e. The summed E-state index contributed by atoms with van der Waals surface area (Å²) in [4.78, 5) is 4.28. The Hall–Kier alpha value is -0.910. The van der Waals surface area contributed by atoms with Crippen molar-refractivity contribution in [1.29, 1.82) is 0 Å². The lowest BCUT2D eigenvalue weighted by molar-refractivity contribution is 0.418. The van der Waals surface area contributed by atoms with Crippen LogP contribution in [0.3, 0.4) is 0 Å². The Morgan fingerprint density at radius 3 is 2.94 bits per heavy atom. The van der Waals surface area contributed by atoms with Gasteiger partial charge >= 0.3 is 0 Å². The Balaban J connectivity index is 2.37. The van der Waals surface area contributed by atoms with E-state index >= 15 is 0 Å². The number of nitrogens with zero attached hydrogens (tertiary/aromatic N) is 2. The lowest BCUT2D eigenvalue weighted by Gasteiger charge is -2.00. The predicted octanol–water partition coefficient (Wildman–Crippen LogP) is 3.21. The molecule has 0 aliphatic heterocycles. The third-order valence-electron chi connectivity index (χ3n) is 2.40. The van der Waals surface area contributed by atoms with Crippen molar-refractivity contribution >= 4 is 27.5 Å². The van der Waals surface area contributed by atoms with E-state index in [1.807, 2.05) is 19.1 Å². The van der Waals surface area contributed by atoms with Gasteiger partial charge in [-0.3, -0.25) is 0 Å². The van der Waals surface area contributed by atoms with Crippen LogP contribution in [0, 0.1) is 0 Å². The summed E-state index contributed by atoms with van der Waals surface area (Å²) in [5, 5.41) is 4.46. The Morgan fingerprint density at radius 1 is 1.53 bits per heavy atom. The van der Waals surface area contributed by atoms with Crippen molar-refractivity contribution in [2.24, 2.45) is 5.73 Å². The van der Waals surface area contributed by atoms with Crippen molar-refractivity contribution in [2.75, 3.05) is 6.54 Å². The number of nitrogens with two attached hydrogens (primary N) is 1. The van der Waals surface area contributed by atoms with E-state index in [9.17, 15) is 0 Å². The van der Waals surface area contributed by atoms with Crippen molar-refractivity contribution in [3.05, 3.63) is 33.5 Å². The summed E-state index contributed by atoms with van der Waals surface area (Å²) < 4.78 is 6.08. The molecule has 6 heteroatoms. The van der Waals surface area contributed by atoms with Gasteiger partial charge in [-0.15, -0.1) is 0 Å². The highest BCUT2D eigenvalue weighted by Crippen LogP contribution is 2.29. The maximum absolute atomic E-state index is 6.10. The molecular formula is C11H11BrClN3O. The second-order valence-electron chi connectivity index (χ2n) is 3.72. The Morgan fingerprint density at radius 2 is 2.29 bits per heavy atom. The Kier molecular flexibility index (Phi) is 3.81. The standard InChI is InChI=1S/C11H11BrClN3O/c1-6(5-14)10-15-11(17-16-10)8-3-2-7(12)4-9(8)13/h2-4,6H,5,14H2,1H3. The summed E-state index contributed by atoms with van der Waals surface area (Å²) in [5.74, 6) is 1.08. The van der Waals surface area contributed by atoms with Gasteiger partial charge in [-0.05, 0) is 18.2 Å². The first-order valence-electron chi connectivity index (χ1n) is 5.11. The average molecular weight is 317 g/mol. The number of hydrogen-bond acceptors (Lipinski definition) is 4. The highest BCUT2D eigenvalue weighted by Gasteiger charge is 2.15. The first kappa shape index (κ1) is 12.5. The third-order valence-corrected chi connectivity index (χ3v) is 3.20. The van der Waals surface area contributed by atoms with Crippen LogP contribution >= 0.6 is 27.5 Å². The maximum Gasteiger partial charge on any atom is 0.259 e. The average Bonchev–Trinajstić information content (AvgIpc) is 2.77. The van der Waals surface area contributed by atoms with Gasteiger partial charge in [0.05, 0.1) is 10.6 Å². The van der Waals surface area contributed by atoms with Crippen LogP contribution in [0.5, 0.6) is 0 Å². The molecule has 1 unspecified atom stereocenters. The molecule has 0 saturated carbocycles. The van der Waals surface area contributed by atoms with E-state index in [4.69, 9.17) is 21.9 Å². The minimum atomic E-state index is 0.0710. The molecule has 0 saturated heterocycles. The zero-order chi connectivity index (χ0) is 12.4. The van der Waals surface area contributed by atoms with E-state index in [0.29, 0.717) is 23.3 Å². The zero-order valence-electron chi connectivity index (χ0n) is 9.15. The first-order chi connectivity index (χ1) is 8.11. The molecule has 0 fully saturated rings.